The van der Waals surface area contributed by atoms with Crippen LogP contribution in [0.15, 0.2) is 0 Å². The van der Waals surface area contributed by atoms with E-state index in [-0.39, 0.29) is 18.0 Å². The Balaban J connectivity index is 5.05. The Labute approximate surface area is 239 Å². The van der Waals surface area contributed by atoms with E-state index in [1.807, 2.05) is 25.6 Å². The molecule has 0 saturated heterocycles. The van der Waals surface area contributed by atoms with Crippen LogP contribution in [0.1, 0.15) is 151 Å². The van der Waals surface area contributed by atoms with Crippen molar-refractivity contribution in [3.05, 3.63) is 0 Å². The van der Waals surface area contributed by atoms with E-state index in [9.17, 15) is 14.3 Å². The number of ether oxygens (including phenoxy) is 2. The molecule has 0 aliphatic rings. The molecule has 4 unspecified atom stereocenters. The number of unbranched alkanes of at least 4 members (excludes halogenated alkanes) is 13. The summed E-state index contributed by atoms with van der Waals surface area (Å²) < 4.78 is 29.5. The Kier molecular flexibility index (Phi) is 24.7. The van der Waals surface area contributed by atoms with Gasteiger partial charge in [-0.05, 0) is 45.8 Å². The third kappa shape index (κ3) is 19.9. The van der Waals surface area contributed by atoms with Crippen LogP contribution in [0.3, 0.4) is 0 Å². The summed E-state index contributed by atoms with van der Waals surface area (Å²) >= 11 is 1.88. The van der Waals surface area contributed by atoms with Crippen LogP contribution >= 0.6 is 19.4 Å². The highest BCUT2D eigenvalue weighted by atomic mass is 32.2. The van der Waals surface area contributed by atoms with E-state index in [4.69, 9.17) is 14.0 Å². The minimum Gasteiger partial charge on any atom is -0.461 e. The average Bonchev–Trinajstić information content (AvgIpc) is 2.87. The van der Waals surface area contributed by atoms with Crippen molar-refractivity contribution < 1.29 is 28.3 Å². The molecule has 0 aliphatic carbocycles. The second-order valence-corrected chi connectivity index (χ2v) is 14.1. The molecular formula is C30H61O6PS. The number of carbonyl (C=O) groups excluding carboxylic acids is 1. The number of rotatable bonds is 27. The van der Waals surface area contributed by atoms with Gasteiger partial charge in [0.1, 0.15) is 0 Å². The Bertz CT molecular complexity index is 603. The van der Waals surface area contributed by atoms with Crippen molar-refractivity contribution >= 4 is 25.3 Å². The SMILES string of the molecule is CCCCCCCCCCSC(CCCCCCCCC)C(C)OC(C(=O)OC(C)C)P(=O)(O)OCCC. The molecule has 1 N–H and O–H groups in total. The second-order valence-electron chi connectivity index (χ2n) is 10.9. The lowest BCUT2D eigenvalue weighted by Gasteiger charge is -2.29. The standard InChI is InChI=1S/C30H61O6PS/c1-7-10-12-14-16-18-20-22-25-38-28(23-21-19-17-15-13-11-8-2)27(6)36-30(29(31)35-26(4)5)37(32,33)34-24-9-3/h26-28,30H,7-25H2,1-6H3,(H,32,33). The van der Waals surface area contributed by atoms with Gasteiger partial charge in [0.25, 0.3) is 5.85 Å². The molecule has 0 radical (unpaired) electrons. The van der Waals surface area contributed by atoms with Gasteiger partial charge in [-0.15, -0.1) is 0 Å². The molecule has 0 aromatic rings. The minimum absolute atomic E-state index is 0.0889. The molecule has 6 nitrogen and oxygen atoms in total. The van der Waals surface area contributed by atoms with Crippen LogP contribution in [0.5, 0.6) is 0 Å². The first-order valence-corrected chi connectivity index (χ1v) is 18.3. The van der Waals surface area contributed by atoms with Gasteiger partial charge in [-0.3, -0.25) is 4.57 Å². The molecule has 0 aromatic carbocycles. The minimum atomic E-state index is -4.33. The Morgan fingerprint density at radius 1 is 0.763 bits per heavy atom. The zero-order valence-electron chi connectivity index (χ0n) is 25.6. The van der Waals surface area contributed by atoms with E-state index in [1.165, 1.54) is 83.5 Å². The maximum atomic E-state index is 13.0. The summed E-state index contributed by atoms with van der Waals surface area (Å²) in [6.45, 7) is 11.8. The van der Waals surface area contributed by atoms with Crippen LogP contribution < -0.4 is 0 Å². The van der Waals surface area contributed by atoms with Crippen molar-refractivity contribution in [2.75, 3.05) is 12.4 Å². The topological polar surface area (TPSA) is 82.1 Å². The molecule has 8 heteroatoms. The van der Waals surface area contributed by atoms with Gasteiger partial charge in [-0.2, -0.15) is 11.8 Å². The Hall–Kier alpha value is -0.0700. The first kappa shape index (κ1) is 37.9. The molecule has 0 rings (SSSR count). The number of hydrogen-bond acceptors (Lipinski definition) is 6. The zero-order chi connectivity index (χ0) is 28.7. The predicted molar refractivity (Wildman–Crippen MR) is 163 cm³/mol. The van der Waals surface area contributed by atoms with Gasteiger partial charge in [0.05, 0.1) is 18.8 Å². The number of thioether (sulfide) groups is 1. The van der Waals surface area contributed by atoms with Gasteiger partial charge >= 0.3 is 13.6 Å². The number of carbonyl (C=O) groups is 1. The van der Waals surface area contributed by atoms with Crippen LogP contribution in [-0.4, -0.2) is 46.5 Å². The van der Waals surface area contributed by atoms with Crippen molar-refractivity contribution in [2.24, 2.45) is 0 Å². The fourth-order valence-corrected chi connectivity index (χ4v) is 6.96. The van der Waals surface area contributed by atoms with E-state index in [1.54, 1.807) is 13.8 Å². The third-order valence-corrected chi connectivity index (χ3v) is 9.67. The van der Waals surface area contributed by atoms with Crippen LogP contribution in [0.25, 0.3) is 0 Å². The first-order chi connectivity index (χ1) is 18.2. The third-order valence-electron chi connectivity index (χ3n) is 6.62. The highest BCUT2D eigenvalue weighted by Gasteiger charge is 2.43. The summed E-state index contributed by atoms with van der Waals surface area (Å²) in [7, 11) is -4.33. The molecule has 0 aliphatic heterocycles. The van der Waals surface area contributed by atoms with E-state index < -0.39 is 25.5 Å². The molecule has 4 atom stereocenters. The molecule has 0 amide bonds. The Morgan fingerprint density at radius 2 is 1.26 bits per heavy atom. The second kappa shape index (κ2) is 24.7. The summed E-state index contributed by atoms with van der Waals surface area (Å²) in [5, 5.41) is 0.149. The largest absolute Gasteiger partial charge is 0.461 e. The summed E-state index contributed by atoms with van der Waals surface area (Å²) in [5.41, 5.74) is 0. The first-order valence-electron chi connectivity index (χ1n) is 15.6. The van der Waals surface area contributed by atoms with Crippen molar-refractivity contribution in [2.45, 2.75) is 174 Å². The van der Waals surface area contributed by atoms with Gasteiger partial charge < -0.3 is 18.9 Å². The van der Waals surface area contributed by atoms with Crippen LogP contribution in [-0.2, 0) is 23.4 Å². The lowest BCUT2D eigenvalue weighted by Crippen LogP contribution is -2.36. The molecule has 0 fully saturated rings. The fraction of sp³-hybridized carbons (Fsp3) is 0.967. The van der Waals surface area contributed by atoms with Crippen molar-refractivity contribution in [1.82, 2.24) is 0 Å². The normalized spacial score (nSPS) is 15.8. The summed E-state index contributed by atoms with van der Waals surface area (Å²) in [6, 6.07) is 0. The smallest absolute Gasteiger partial charge is 0.368 e. The van der Waals surface area contributed by atoms with Gasteiger partial charge in [0.15, 0.2) is 0 Å². The van der Waals surface area contributed by atoms with Crippen LogP contribution in [0.2, 0.25) is 0 Å². The summed E-state index contributed by atoms with van der Waals surface area (Å²) in [6.07, 6.45) is 19.7. The quantitative estimate of drug-likeness (QED) is 0.0588. The molecule has 0 bridgehead atoms. The van der Waals surface area contributed by atoms with Gasteiger partial charge in [-0.25, -0.2) is 4.79 Å². The molecule has 228 valence electrons. The van der Waals surface area contributed by atoms with E-state index in [2.05, 4.69) is 13.8 Å². The highest BCUT2D eigenvalue weighted by Crippen LogP contribution is 2.49. The number of hydrogen-bond donors (Lipinski definition) is 1. The number of esters is 1. The average molecular weight is 581 g/mol. The van der Waals surface area contributed by atoms with Crippen LogP contribution in [0.4, 0.5) is 0 Å². The zero-order valence-corrected chi connectivity index (χ0v) is 27.3. The highest BCUT2D eigenvalue weighted by molar-refractivity contribution is 7.99. The lowest BCUT2D eigenvalue weighted by atomic mass is 10.1. The van der Waals surface area contributed by atoms with Crippen molar-refractivity contribution in [3.8, 4) is 0 Å². The van der Waals surface area contributed by atoms with Crippen molar-refractivity contribution in [3.63, 3.8) is 0 Å². The van der Waals surface area contributed by atoms with Gasteiger partial charge in [0, 0.05) is 5.25 Å². The fourth-order valence-electron chi connectivity index (χ4n) is 4.36. The van der Waals surface area contributed by atoms with E-state index in [0.29, 0.717) is 6.42 Å². The Morgan fingerprint density at radius 3 is 1.76 bits per heavy atom. The summed E-state index contributed by atoms with van der Waals surface area (Å²) in [5.74, 6) is -1.41. The monoisotopic (exact) mass is 580 g/mol. The molecule has 38 heavy (non-hydrogen) atoms. The molecule has 0 heterocycles. The molecular weight excluding hydrogens is 519 g/mol. The van der Waals surface area contributed by atoms with Crippen molar-refractivity contribution in [1.29, 1.82) is 0 Å². The molecule has 0 aromatic heterocycles. The van der Waals surface area contributed by atoms with E-state index >= 15 is 0 Å². The van der Waals surface area contributed by atoms with Crippen LogP contribution in [0, 0.1) is 0 Å². The predicted octanol–water partition coefficient (Wildman–Crippen LogP) is 9.66. The van der Waals surface area contributed by atoms with E-state index in [0.717, 1.165) is 25.0 Å². The molecule has 0 saturated carbocycles. The van der Waals surface area contributed by atoms with Gasteiger partial charge in [-0.1, -0.05) is 111 Å². The maximum Gasteiger partial charge on any atom is 0.368 e. The lowest BCUT2D eigenvalue weighted by molar-refractivity contribution is -0.159. The summed E-state index contributed by atoms with van der Waals surface area (Å²) in [4.78, 5) is 23.4. The molecule has 0 spiro atoms. The maximum absolute atomic E-state index is 13.0. The van der Waals surface area contributed by atoms with Gasteiger partial charge in [0.2, 0.25) is 0 Å².